The standard InChI is InChI=1S/C61H65N3O17S/c1-4-54(65)73-33-10-9-32-72-37-50(78-56(67)6-3)38-75-46-22-26-48(27-23-46)79-58(69)42-16-14-41(15-17-42)57(68)74-34-31-40-13-30-52(45(35-40)36-62-64-61-63-51-11-7-8-12-53(51)82-61)81-60(71)44-20-18-43(19-21-44)59(70)80-49-28-24-47(25-29-49)76-39-77-55(66)5-2/h4-8,11-13,22-30,35-36,41-44,50H,1-3,9-10,14-21,31-34,37-39H2,(H,63,64)/b62-36+. The topological polar surface area (TPSA) is 249 Å². The number of esters is 7. The van der Waals surface area contributed by atoms with Crippen molar-refractivity contribution in [3.05, 3.63) is 140 Å². The normalized spacial score (nSPS) is 17.0. The summed E-state index contributed by atoms with van der Waals surface area (Å²) in [5.41, 5.74) is 5.10. The number of fused-ring (bicyclic) bond motifs is 1. The Hall–Kier alpha value is -8.69. The van der Waals surface area contributed by atoms with Crippen LogP contribution in [0.3, 0.4) is 0 Å². The van der Waals surface area contributed by atoms with Crippen molar-refractivity contribution in [2.45, 2.75) is 76.7 Å². The molecule has 21 heteroatoms. The largest absolute Gasteiger partial charge is 0.490 e. The quantitative estimate of drug-likeness (QED) is 0.00656. The van der Waals surface area contributed by atoms with Gasteiger partial charge >= 0.3 is 41.8 Å². The molecule has 0 amide bonds. The van der Waals surface area contributed by atoms with E-state index in [1.807, 2.05) is 30.3 Å². The first-order valence-corrected chi connectivity index (χ1v) is 27.7. The average molecular weight is 1140 g/mol. The van der Waals surface area contributed by atoms with Crippen molar-refractivity contribution in [2.24, 2.45) is 28.8 Å². The number of nitrogens with one attached hydrogen (secondary N) is 1. The summed E-state index contributed by atoms with van der Waals surface area (Å²) in [7, 11) is 0. The lowest BCUT2D eigenvalue weighted by atomic mass is 9.82. The summed E-state index contributed by atoms with van der Waals surface area (Å²) in [6.45, 7) is 10.6. The molecule has 0 bridgehead atoms. The number of benzene rings is 4. The highest BCUT2D eigenvalue weighted by atomic mass is 32.1. The molecule has 1 atom stereocenters. The van der Waals surface area contributed by atoms with Crippen LogP contribution in [-0.2, 0) is 63.7 Å². The first kappa shape index (κ1) is 60.9. The second-order valence-electron chi connectivity index (χ2n) is 19.1. The van der Waals surface area contributed by atoms with Gasteiger partial charge in [0.15, 0.2) is 6.10 Å². The van der Waals surface area contributed by atoms with E-state index in [0.29, 0.717) is 111 Å². The summed E-state index contributed by atoms with van der Waals surface area (Å²) in [4.78, 5) is 92.1. The number of para-hydroxylation sites is 1. The molecule has 0 saturated heterocycles. The van der Waals surface area contributed by atoms with Gasteiger partial charge in [-0.3, -0.25) is 24.6 Å². The molecule has 2 aliphatic rings. The smallest absolute Gasteiger partial charge is 0.333 e. The zero-order chi connectivity index (χ0) is 58.1. The number of unbranched alkanes of at least 4 members (excludes halogenated alkanes) is 1. The van der Waals surface area contributed by atoms with Crippen molar-refractivity contribution in [3.63, 3.8) is 0 Å². The molecule has 432 valence electrons. The predicted octanol–water partition coefficient (Wildman–Crippen LogP) is 9.63. The fourth-order valence-electron chi connectivity index (χ4n) is 8.82. The number of hydrogen-bond acceptors (Lipinski definition) is 21. The maximum absolute atomic E-state index is 13.6. The van der Waals surface area contributed by atoms with Crippen LogP contribution in [-0.4, -0.2) is 98.9 Å². The van der Waals surface area contributed by atoms with Crippen molar-refractivity contribution in [1.29, 1.82) is 0 Å². The molecule has 7 rings (SSSR count). The van der Waals surface area contributed by atoms with Crippen LogP contribution in [0.2, 0.25) is 0 Å². The molecule has 1 N–H and O–H groups in total. The van der Waals surface area contributed by atoms with Crippen LogP contribution >= 0.6 is 11.3 Å². The average Bonchev–Trinajstić information content (AvgIpc) is 4.04. The number of carbonyl (C=O) groups excluding carboxylic acids is 7. The Labute approximate surface area is 478 Å². The highest BCUT2D eigenvalue weighted by Gasteiger charge is 2.34. The van der Waals surface area contributed by atoms with Gasteiger partial charge in [-0.05, 0) is 143 Å². The molecule has 2 fully saturated rings. The Morgan fingerprint density at radius 3 is 1.74 bits per heavy atom. The maximum Gasteiger partial charge on any atom is 0.333 e. The van der Waals surface area contributed by atoms with Crippen LogP contribution in [0.15, 0.2) is 134 Å². The number of nitrogens with zero attached hydrogens (tertiary/aromatic N) is 2. The van der Waals surface area contributed by atoms with E-state index in [1.54, 1.807) is 66.9 Å². The van der Waals surface area contributed by atoms with Gasteiger partial charge in [0.05, 0.1) is 59.9 Å². The number of carbonyl (C=O) groups is 7. The molecule has 2 aliphatic carbocycles. The van der Waals surface area contributed by atoms with Gasteiger partial charge in [0, 0.05) is 36.8 Å². The van der Waals surface area contributed by atoms with E-state index >= 15 is 0 Å². The Morgan fingerprint density at radius 2 is 1.13 bits per heavy atom. The molecule has 0 spiro atoms. The predicted molar refractivity (Wildman–Crippen MR) is 301 cm³/mol. The van der Waals surface area contributed by atoms with E-state index < -0.39 is 59.7 Å². The lowest BCUT2D eigenvalue weighted by Gasteiger charge is -2.26. The van der Waals surface area contributed by atoms with Crippen molar-refractivity contribution in [2.75, 3.05) is 45.3 Å². The summed E-state index contributed by atoms with van der Waals surface area (Å²) in [5.74, 6) is -3.18. The summed E-state index contributed by atoms with van der Waals surface area (Å²) >= 11 is 1.44. The van der Waals surface area contributed by atoms with Crippen LogP contribution in [0.4, 0.5) is 5.13 Å². The molecular formula is C61H65N3O17S. The van der Waals surface area contributed by atoms with Gasteiger partial charge in [-0.2, -0.15) is 5.10 Å². The minimum atomic E-state index is -0.731. The van der Waals surface area contributed by atoms with Crippen molar-refractivity contribution >= 4 is 74.7 Å². The van der Waals surface area contributed by atoms with Gasteiger partial charge in [-0.1, -0.05) is 49.3 Å². The number of rotatable bonds is 30. The first-order chi connectivity index (χ1) is 39.9. The van der Waals surface area contributed by atoms with Gasteiger partial charge in [0.1, 0.15) is 35.4 Å². The number of hydrogen-bond donors (Lipinski definition) is 1. The molecule has 2 saturated carbocycles. The molecule has 82 heavy (non-hydrogen) atoms. The Bertz CT molecular complexity index is 3000. The van der Waals surface area contributed by atoms with Crippen molar-refractivity contribution < 1.29 is 80.9 Å². The third-order valence-electron chi connectivity index (χ3n) is 13.3. The van der Waals surface area contributed by atoms with E-state index in [9.17, 15) is 33.6 Å². The minimum absolute atomic E-state index is 0.0126. The van der Waals surface area contributed by atoms with Gasteiger partial charge in [-0.15, -0.1) is 0 Å². The monoisotopic (exact) mass is 1140 g/mol. The Kier molecular flexibility index (Phi) is 23.7. The van der Waals surface area contributed by atoms with E-state index in [0.717, 1.165) is 34.0 Å². The fourth-order valence-corrected chi connectivity index (χ4v) is 9.64. The van der Waals surface area contributed by atoms with Gasteiger partial charge in [0.2, 0.25) is 11.9 Å². The summed E-state index contributed by atoms with van der Waals surface area (Å²) in [6.07, 6.45) is 9.06. The third kappa shape index (κ3) is 19.5. The molecule has 20 nitrogen and oxygen atoms in total. The van der Waals surface area contributed by atoms with Crippen LogP contribution in [0.25, 0.3) is 10.2 Å². The van der Waals surface area contributed by atoms with Crippen molar-refractivity contribution in [3.8, 4) is 28.7 Å². The Morgan fingerprint density at radius 1 is 0.585 bits per heavy atom. The van der Waals surface area contributed by atoms with E-state index in [1.165, 1.54) is 11.3 Å². The lowest BCUT2D eigenvalue weighted by Crippen LogP contribution is -2.30. The van der Waals surface area contributed by atoms with Crippen molar-refractivity contribution in [1.82, 2.24) is 4.98 Å². The second kappa shape index (κ2) is 31.9. The minimum Gasteiger partial charge on any atom is -0.490 e. The van der Waals surface area contributed by atoms with Gasteiger partial charge in [0.25, 0.3) is 0 Å². The lowest BCUT2D eigenvalue weighted by molar-refractivity contribution is -0.152. The van der Waals surface area contributed by atoms with Crippen LogP contribution in [0, 0.1) is 23.7 Å². The highest BCUT2D eigenvalue weighted by molar-refractivity contribution is 7.22. The van der Waals surface area contributed by atoms with Crippen LogP contribution in [0.1, 0.15) is 75.3 Å². The van der Waals surface area contributed by atoms with E-state index in [-0.39, 0.29) is 50.9 Å². The number of aromatic nitrogens is 1. The van der Waals surface area contributed by atoms with Gasteiger partial charge in [-0.25, -0.2) is 19.4 Å². The van der Waals surface area contributed by atoms with Gasteiger partial charge < -0.3 is 47.4 Å². The Balaban J connectivity index is 0.845. The summed E-state index contributed by atoms with van der Waals surface area (Å²) in [6, 6.07) is 25.8. The molecule has 5 aromatic rings. The molecular weight excluding hydrogens is 1080 g/mol. The molecule has 1 heterocycles. The molecule has 1 unspecified atom stereocenters. The SMILES string of the molecule is C=CC(=O)OCCCCOCC(COc1ccc(OC(=O)C2CCC(C(=O)OCCc3ccc(OC(=O)C4CCC(C(=O)Oc5ccc(OCOC(=O)C=C)cc5)CC4)c(/C=N/Nc4nc5ccccc5s4)c3)CC2)cc1)OC(=O)C=C. The molecule has 1 aromatic heterocycles. The zero-order valence-corrected chi connectivity index (χ0v) is 46.1. The third-order valence-corrected chi connectivity index (χ3v) is 14.3. The number of anilines is 1. The maximum atomic E-state index is 13.6. The van der Waals surface area contributed by atoms with Crippen LogP contribution < -0.4 is 29.1 Å². The van der Waals surface area contributed by atoms with E-state index in [4.69, 9.17) is 47.4 Å². The van der Waals surface area contributed by atoms with E-state index in [2.05, 4.69) is 35.2 Å². The first-order valence-electron chi connectivity index (χ1n) is 26.9. The number of ether oxygens (including phenoxy) is 10. The molecule has 0 aliphatic heterocycles. The zero-order valence-electron chi connectivity index (χ0n) is 45.2. The highest BCUT2D eigenvalue weighted by Crippen LogP contribution is 2.34. The molecule has 4 aromatic carbocycles. The van der Waals surface area contributed by atoms with Crippen LogP contribution in [0.5, 0.6) is 28.7 Å². The second-order valence-corrected chi connectivity index (χ2v) is 20.1. The number of hydrazone groups is 1. The summed E-state index contributed by atoms with van der Waals surface area (Å²) in [5, 5.41) is 5.00. The summed E-state index contributed by atoms with van der Waals surface area (Å²) < 4.78 is 56.0. The number of thiazole rings is 1. The molecule has 0 radical (unpaired) electrons. The fraction of sp³-hybridized carbons (Fsp3) is 0.361.